The second kappa shape index (κ2) is 8.64. The highest BCUT2D eigenvalue weighted by molar-refractivity contribution is 5.75. The minimum absolute atomic E-state index is 0.278. The lowest BCUT2D eigenvalue weighted by molar-refractivity contribution is -0.145. The van der Waals surface area contributed by atoms with Crippen molar-refractivity contribution in [2.75, 3.05) is 13.2 Å². The van der Waals surface area contributed by atoms with Crippen molar-refractivity contribution in [3.05, 3.63) is 35.4 Å². The van der Waals surface area contributed by atoms with Crippen LogP contribution in [0.4, 0.5) is 8.78 Å². The average molecular weight is 285 g/mol. The zero-order valence-corrected chi connectivity index (χ0v) is 11.9. The predicted octanol–water partition coefficient (Wildman–Crippen LogP) is 2.83. The molecule has 20 heavy (non-hydrogen) atoms. The van der Waals surface area contributed by atoms with E-state index in [1.165, 1.54) is 12.1 Å². The Labute approximate surface area is 118 Å². The summed E-state index contributed by atoms with van der Waals surface area (Å²) < 4.78 is 31.0. The molecule has 3 nitrogen and oxygen atoms in total. The molecule has 0 aliphatic rings. The average Bonchev–Trinajstić information content (AvgIpc) is 2.37. The van der Waals surface area contributed by atoms with Crippen molar-refractivity contribution >= 4 is 5.97 Å². The van der Waals surface area contributed by atoms with Crippen molar-refractivity contribution in [3.8, 4) is 0 Å². The van der Waals surface area contributed by atoms with Crippen LogP contribution in [0.2, 0.25) is 0 Å². The molecule has 0 radical (unpaired) electrons. The minimum Gasteiger partial charge on any atom is -0.465 e. The van der Waals surface area contributed by atoms with Gasteiger partial charge in [-0.3, -0.25) is 4.79 Å². The third kappa shape index (κ3) is 5.65. The summed E-state index contributed by atoms with van der Waals surface area (Å²) >= 11 is 0. The molecule has 112 valence electrons. The van der Waals surface area contributed by atoms with E-state index in [0.717, 1.165) is 12.5 Å². The highest BCUT2D eigenvalue weighted by Crippen LogP contribution is 2.08. The van der Waals surface area contributed by atoms with Crippen LogP contribution in [0.25, 0.3) is 0 Å². The molecule has 1 aromatic rings. The summed E-state index contributed by atoms with van der Waals surface area (Å²) in [5.74, 6) is -1.45. The fraction of sp³-hybridized carbons (Fsp3) is 0.533. The molecule has 5 heteroatoms. The maximum absolute atomic E-state index is 13.0. The molecule has 0 heterocycles. The fourth-order valence-electron chi connectivity index (χ4n) is 1.98. The van der Waals surface area contributed by atoms with Crippen LogP contribution in [-0.4, -0.2) is 25.2 Å². The first-order valence-electron chi connectivity index (χ1n) is 6.91. The summed E-state index contributed by atoms with van der Waals surface area (Å²) in [7, 11) is 0. The summed E-state index contributed by atoms with van der Waals surface area (Å²) in [6, 6.07) is 3.07. The number of carbonyl (C=O) groups excluding carboxylic acids is 1. The highest BCUT2D eigenvalue weighted by Gasteiger charge is 2.17. The summed E-state index contributed by atoms with van der Waals surface area (Å²) in [5, 5.41) is 3.07. The van der Waals surface area contributed by atoms with E-state index in [-0.39, 0.29) is 12.0 Å². The molecule has 0 aromatic heterocycles. The number of nitrogens with one attached hydrogen (secondary N) is 1. The molecule has 0 saturated carbocycles. The van der Waals surface area contributed by atoms with Gasteiger partial charge in [0.25, 0.3) is 0 Å². The van der Waals surface area contributed by atoms with Gasteiger partial charge < -0.3 is 10.1 Å². The van der Waals surface area contributed by atoms with E-state index in [2.05, 4.69) is 5.32 Å². The Hall–Kier alpha value is -1.49. The van der Waals surface area contributed by atoms with Gasteiger partial charge in [0.15, 0.2) is 0 Å². The zero-order valence-electron chi connectivity index (χ0n) is 11.9. The maximum atomic E-state index is 13.0. The zero-order chi connectivity index (χ0) is 15.0. The third-order valence-electron chi connectivity index (χ3n) is 2.88. The van der Waals surface area contributed by atoms with Gasteiger partial charge in [-0.1, -0.05) is 13.3 Å². The lowest BCUT2D eigenvalue weighted by Crippen LogP contribution is -2.39. The van der Waals surface area contributed by atoms with Crippen LogP contribution in [-0.2, 0) is 16.0 Å². The van der Waals surface area contributed by atoms with Gasteiger partial charge in [-0.15, -0.1) is 0 Å². The first-order chi connectivity index (χ1) is 9.56. The Morgan fingerprint density at radius 3 is 2.45 bits per heavy atom. The predicted molar refractivity (Wildman–Crippen MR) is 73.4 cm³/mol. The van der Waals surface area contributed by atoms with Crippen molar-refractivity contribution in [3.63, 3.8) is 0 Å². The fourth-order valence-corrected chi connectivity index (χ4v) is 1.98. The summed E-state index contributed by atoms with van der Waals surface area (Å²) in [6.45, 7) is 4.55. The summed E-state index contributed by atoms with van der Waals surface area (Å²) in [6.07, 6.45) is 1.98. The molecule has 1 aromatic carbocycles. The van der Waals surface area contributed by atoms with E-state index >= 15 is 0 Å². The number of rotatable bonds is 8. The van der Waals surface area contributed by atoms with E-state index < -0.39 is 11.6 Å². The molecule has 0 spiro atoms. The number of esters is 1. The van der Waals surface area contributed by atoms with Gasteiger partial charge in [0, 0.05) is 6.07 Å². The Bertz CT molecular complexity index is 418. The van der Waals surface area contributed by atoms with Crippen LogP contribution in [0.3, 0.4) is 0 Å². The number of ether oxygens (including phenoxy) is 1. The van der Waals surface area contributed by atoms with E-state index in [1.54, 1.807) is 6.92 Å². The maximum Gasteiger partial charge on any atom is 0.323 e. The SMILES string of the molecule is CCCC(NCCc1cc(F)cc(F)c1)C(=O)OCC. The topological polar surface area (TPSA) is 38.3 Å². The largest absolute Gasteiger partial charge is 0.465 e. The monoisotopic (exact) mass is 285 g/mol. The summed E-state index contributed by atoms with van der Waals surface area (Å²) in [4.78, 5) is 11.7. The van der Waals surface area contributed by atoms with Gasteiger partial charge >= 0.3 is 5.97 Å². The van der Waals surface area contributed by atoms with Crippen LogP contribution in [0.5, 0.6) is 0 Å². The Kier molecular flexibility index (Phi) is 7.15. The molecular formula is C15H21F2NO2. The molecule has 1 N–H and O–H groups in total. The van der Waals surface area contributed by atoms with Crippen molar-refractivity contribution in [2.24, 2.45) is 0 Å². The highest BCUT2D eigenvalue weighted by atomic mass is 19.1. The van der Waals surface area contributed by atoms with Crippen LogP contribution in [0.1, 0.15) is 32.3 Å². The van der Waals surface area contributed by atoms with E-state index in [9.17, 15) is 13.6 Å². The van der Waals surface area contributed by atoms with Crippen molar-refractivity contribution in [2.45, 2.75) is 39.2 Å². The summed E-state index contributed by atoms with van der Waals surface area (Å²) in [5.41, 5.74) is 0.564. The van der Waals surface area contributed by atoms with Crippen molar-refractivity contribution in [1.29, 1.82) is 0 Å². The normalized spacial score (nSPS) is 12.2. The molecule has 1 atom stereocenters. The first-order valence-corrected chi connectivity index (χ1v) is 6.91. The second-order valence-electron chi connectivity index (χ2n) is 4.58. The van der Waals surface area contributed by atoms with Crippen molar-refractivity contribution in [1.82, 2.24) is 5.32 Å². The number of hydrogen-bond donors (Lipinski definition) is 1. The van der Waals surface area contributed by atoms with Crippen LogP contribution >= 0.6 is 0 Å². The Balaban J connectivity index is 2.49. The van der Waals surface area contributed by atoms with Gasteiger partial charge in [-0.2, -0.15) is 0 Å². The van der Waals surface area contributed by atoms with Gasteiger partial charge in [0.2, 0.25) is 0 Å². The van der Waals surface area contributed by atoms with Gasteiger partial charge in [-0.05, 0) is 44.0 Å². The molecule has 0 fully saturated rings. The molecular weight excluding hydrogens is 264 g/mol. The van der Waals surface area contributed by atoms with E-state index in [4.69, 9.17) is 4.74 Å². The number of hydrogen-bond acceptors (Lipinski definition) is 3. The van der Waals surface area contributed by atoms with E-state index in [0.29, 0.717) is 31.6 Å². The van der Waals surface area contributed by atoms with E-state index in [1.807, 2.05) is 6.92 Å². The van der Waals surface area contributed by atoms with Gasteiger partial charge in [-0.25, -0.2) is 8.78 Å². The first kappa shape index (κ1) is 16.6. The Morgan fingerprint density at radius 1 is 1.25 bits per heavy atom. The smallest absolute Gasteiger partial charge is 0.323 e. The standard InChI is InChI=1S/C15H21F2NO2/c1-3-5-14(15(19)20-4-2)18-7-6-11-8-12(16)10-13(17)9-11/h8-10,14,18H,3-7H2,1-2H3. The molecule has 0 aliphatic heterocycles. The number of benzene rings is 1. The number of halogens is 2. The Morgan fingerprint density at radius 2 is 1.90 bits per heavy atom. The lowest BCUT2D eigenvalue weighted by atomic mass is 10.1. The molecule has 1 unspecified atom stereocenters. The molecule has 0 bridgehead atoms. The van der Waals surface area contributed by atoms with Gasteiger partial charge in [0.1, 0.15) is 17.7 Å². The minimum atomic E-state index is -0.587. The second-order valence-corrected chi connectivity index (χ2v) is 4.58. The number of carbonyl (C=O) groups is 1. The lowest BCUT2D eigenvalue weighted by Gasteiger charge is -2.16. The third-order valence-corrected chi connectivity index (χ3v) is 2.88. The van der Waals surface area contributed by atoms with Crippen LogP contribution in [0, 0.1) is 11.6 Å². The van der Waals surface area contributed by atoms with Crippen LogP contribution < -0.4 is 5.32 Å². The van der Waals surface area contributed by atoms with Crippen molar-refractivity contribution < 1.29 is 18.3 Å². The molecule has 0 aliphatic carbocycles. The van der Waals surface area contributed by atoms with Gasteiger partial charge in [0.05, 0.1) is 6.61 Å². The molecule has 0 amide bonds. The molecule has 1 rings (SSSR count). The van der Waals surface area contributed by atoms with Crippen LogP contribution in [0.15, 0.2) is 18.2 Å². The quantitative estimate of drug-likeness (QED) is 0.746. The molecule has 0 saturated heterocycles.